The van der Waals surface area contributed by atoms with Crippen LogP contribution in [0.4, 0.5) is 0 Å². The standard InChI is InChI=1S/C11H19N3O4S/c1-8(3-4-15)6-13-11(16)10-5-9(7-14(10)2)19(12,17)18/h5,7-8,15H,3-4,6H2,1-2H3,(H,13,16)(H2,12,17,18). The van der Waals surface area contributed by atoms with Crippen LogP contribution in [0.5, 0.6) is 0 Å². The molecule has 4 N–H and O–H groups in total. The van der Waals surface area contributed by atoms with Crippen molar-refractivity contribution in [2.45, 2.75) is 18.2 Å². The first kappa shape index (κ1) is 15.7. The third-order valence-corrected chi connectivity index (χ3v) is 3.65. The first-order valence-corrected chi connectivity index (χ1v) is 7.38. The molecule has 1 heterocycles. The minimum absolute atomic E-state index is 0.0662. The fourth-order valence-electron chi connectivity index (χ4n) is 1.60. The van der Waals surface area contributed by atoms with Gasteiger partial charge in [0.1, 0.15) is 10.6 Å². The number of carbonyl (C=O) groups excluding carboxylic acids is 1. The van der Waals surface area contributed by atoms with Gasteiger partial charge in [0, 0.05) is 26.4 Å². The summed E-state index contributed by atoms with van der Waals surface area (Å²) in [5, 5.41) is 16.4. The average molecular weight is 289 g/mol. The van der Waals surface area contributed by atoms with Crippen LogP contribution >= 0.6 is 0 Å². The molecule has 1 unspecified atom stereocenters. The van der Waals surface area contributed by atoms with Gasteiger partial charge in [-0.15, -0.1) is 0 Å². The molecule has 7 nitrogen and oxygen atoms in total. The lowest BCUT2D eigenvalue weighted by molar-refractivity contribution is 0.0937. The smallest absolute Gasteiger partial charge is 0.267 e. The highest BCUT2D eigenvalue weighted by atomic mass is 32.2. The number of hydrogen-bond donors (Lipinski definition) is 3. The van der Waals surface area contributed by atoms with E-state index in [4.69, 9.17) is 10.2 Å². The highest BCUT2D eigenvalue weighted by molar-refractivity contribution is 7.89. The normalized spacial score (nSPS) is 13.3. The molecular formula is C11H19N3O4S. The lowest BCUT2D eigenvalue weighted by Crippen LogP contribution is -2.29. The van der Waals surface area contributed by atoms with E-state index >= 15 is 0 Å². The van der Waals surface area contributed by atoms with Crippen molar-refractivity contribution in [1.82, 2.24) is 9.88 Å². The molecule has 1 amide bonds. The number of primary sulfonamides is 1. The molecule has 0 radical (unpaired) electrons. The first-order valence-electron chi connectivity index (χ1n) is 5.84. The zero-order chi connectivity index (χ0) is 14.6. The fourth-order valence-corrected chi connectivity index (χ4v) is 2.18. The second-order valence-electron chi connectivity index (χ2n) is 4.54. The molecule has 0 bridgehead atoms. The highest BCUT2D eigenvalue weighted by Gasteiger charge is 2.17. The number of aliphatic hydroxyl groups excluding tert-OH is 1. The zero-order valence-corrected chi connectivity index (χ0v) is 11.8. The van der Waals surface area contributed by atoms with Gasteiger partial charge in [-0.2, -0.15) is 0 Å². The van der Waals surface area contributed by atoms with E-state index in [0.717, 1.165) is 0 Å². The predicted octanol–water partition coefficient (Wildman–Crippen LogP) is -0.579. The van der Waals surface area contributed by atoms with Gasteiger partial charge in [-0.3, -0.25) is 4.79 Å². The van der Waals surface area contributed by atoms with Gasteiger partial charge in [-0.1, -0.05) is 6.92 Å². The van der Waals surface area contributed by atoms with Crippen LogP contribution < -0.4 is 10.5 Å². The topological polar surface area (TPSA) is 114 Å². The molecule has 0 aliphatic carbocycles. The number of aliphatic hydroxyl groups is 1. The molecule has 108 valence electrons. The molecule has 0 aliphatic rings. The van der Waals surface area contributed by atoms with Crippen molar-refractivity contribution in [3.63, 3.8) is 0 Å². The molecule has 0 saturated carbocycles. The molecule has 19 heavy (non-hydrogen) atoms. The van der Waals surface area contributed by atoms with Crippen molar-refractivity contribution in [1.29, 1.82) is 0 Å². The number of nitrogens with one attached hydrogen (secondary N) is 1. The molecule has 1 aromatic heterocycles. The average Bonchev–Trinajstić information content (AvgIpc) is 2.68. The van der Waals surface area contributed by atoms with E-state index < -0.39 is 10.0 Å². The number of aromatic nitrogens is 1. The van der Waals surface area contributed by atoms with Crippen molar-refractivity contribution < 1.29 is 18.3 Å². The minimum atomic E-state index is -3.81. The lowest BCUT2D eigenvalue weighted by Gasteiger charge is -2.11. The van der Waals surface area contributed by atoms with Crippen LogP contribution in [0.3, 0.4) is 0 Å². The molecule has 0 aliphatic heterocycles. The molecule has 1 aromatic rings. The van der Waals surface area contributed by atoms with Crippen LogP contribution in [0.2, 0.25) is 0 Å². The van der Waals surface area contributed by atoms with Crippen LogP contribution in [-0.4, -0.2) is 37.2 Å². The number of nitrogens with two attached hydrogens (primary N) is 1. The van der Waals surface area contributed by atoms with E-state index in [2.05, 4.69) is 5.32 Å². The second-order valence-corrected chi connectivity index (χ2v) is 6.11. The molecule has 0 aromatic carbocycles. The molecule has 1 atom stereocenters. The predicted molar refractivity (Wildman–Crippen MR) is 70.0 cm³/mol. The summed E-state index contributed by atoms with van der Waals surface area (Å²) < 4.78 is 23.8. The summed E-state index contributed by atoms with van der Waals surface area (Å²) in [5.74, 6) is -0.228. The van der Waals surface area contributed by atoms with Gasteiger partial charge in [-0.05, 0) is 18.4 Å². The maximum Gasteiger partial charge on any atom is 0.267 e. The van der Waals surface area contributed by atoms with E-state index in [1.165, 1.54) is 16.8 Å². The molecule has 0 spiro atoms. The molecule has 0 saturated heterocycles. The number of sulfonamides is 1. The van der Waals surface area contributed by atoms with Crippen molar-refractivity contribution in [3.8, 4) is 0 Å². The number of hydrogen-bond acceptors (Lipinski definition) is 4. The highest BCUT2D eigenvalue weighted by Crippen LogP contribution is 2.11. The Bertz CT molecular complexity index is 550. The maximum absolute atomic E-state index is 11.9. The summed E-state index contributed by atoms with van der Waals surface area (Å²) in [6.45, 7) is 2.38. The van der Waals surface area contributed by atoms with E-state index in [9.17, 15) is 13.2 Å². The summed E-state index contributed by atoms with van der Waals surface area (Å²) in [7, 11) is -2.24. The second kappa shape index (κ2) is 6.18. The van der Waals surface area contributed by atoms with Crippen LogP contribution in [0, 0.1) is 5.92 Å². The third kappa shape index (κ3) is 4.34. The Hall–Kier alpha value is -1.38. The van der Waals surface area contributed by atoms with Crippen LogP contribution in [0.1, 0.15) is 23.8 Å². The number of amides is 1. The Morgan fingerprint density at radius 3 is 2.68 bits per heavy atom. The Balaban J connectivity index is 2.75. The van der Waals surface area contributed by atoms with E-state index in [0.29, 0.717) is 13.0 Å². The third-order valence-electron chi connectivity index (χ3n) is 2.77. The summed E-state index contributed by atoms with van der Waals surface area (Å²) in [6.07, 6.45) is 1.89. The van der Waals surface area contributed by atoms with Crippen LogP contribution in [0.15, 0.2) is 17.2 Å². The Kier molecular flexibility index (Phi) is 5.10. The van der Waals surface area contributed by atoms with Crippen LogP contribution in [-0.2, 0) is 17.1 Å². The monoisotopic (exact) mass is 289 g/mol. The van der Waals surface area contributed by atoms with Crippen molar-refractivity contribution in [2.75, 3.05) is 13.2 Å². The summed E-state index contributed by atoms with van der Waals surface area (Å²) in [4.78, 5) is 11.8. The van der Waals surface area contributed by atoms with Gasteiger partial charge in [0.25, 0.3) is 5.91 Å². The number of aryl methyl sites for hydroxylation is 1. The Morgan fingerprint density at radius 2 is 2.21 bits per heavy atom. The number of nitrogens with zero attached hydrogens (tertiary/aromatic N) is 1. The van der Waals surface area contributed by atoms with Gasteiger partial charge >= 0.3 is 0 Å². The van der Waals surface area contributed by atoms with E-state index in [1.54, 1.807) is 7.05 Å². The Labute approximate surface area is 112 Å². The van der Waals surface area contributed by atoms with Gasteiger partial charge in [0.15, 0.2) is 0 Å². The maximum atomic E-state index is 11.9. The summed E-state index contributed by atoms with van der Waals surface area (Å²) in [6, 6.07) is 1.24. The Morgan fingerprint density at radius 1 is 1.58 bits per heavy atom. The van der Waals surface area contributed by atoms with Crippen molar-refractivity contribution in [3.05, 3.63) is 18.0 Å². The molecule has 1 rings (SSSR count). The molecule has 8 heteroatoms. The van der Waals surface area contributed by atoms with Gasteiger partial charge in [0.2, 0.25) is 10.0 Å². The summed E-state index contributed by atoms with van der Waals surface area (Å²) >= 11 is 0. The van der Waals surface area contributed by atoms with Crippen molar-refractivity contribution in [2.24, 2.45) is 18.1 Å². The van der Waals surface area contributed by atoms with Crippen molar-refractivity contribution >= 4 is 15.9 Å². The van der Waals surface area contributed by atoms with Gasteiger partial charge in [-0.25, -0.2) is 13.6 Å². The van der Waals surface area contributed by atoms with Gasteiger partial charge in [0.05, 0.1) is 0 Å². The first-order chi connectivity index (χ1) is 8.75. The van der Waals surface area contributed by atoms with E-state index in [1.807, 2.05) is 6.92 Å². The minimum Gasteiger partial charge on any atom is -0.396 e. The summed E-state index contributed by atoms with van der Waals surface area (Å²) in [5.41, 5.74) is 0.222. The quantitative estimate of drug-likeness (QED) is 0.650. The molecule has 0 fully saturated rings. The number of carbonyl (C=O) groups is 1. The van der Waals surface area contributed by atoms with Gasteiger partial charge < -0.3 is 15.0 Å². The molecular weight excluding hydrogens is 270 g/mol. The van der Waals surface area contributed by atoms with E-state index in [-0.39, 0.29) is 29.0 Å². The zero-order valence-electron chi connectivity index (χ0n) is 11.0. The lowest BCUT2D eigenvalue weighted by atomic mass is 10.1. The number of rotatable bonds is 6. The largest absolute Gasteiger partial charge is 0.396 e. The SMILES string of the molecule is CC(CCO)CNC(=O)c1cc(S(N)(=O)=O)cn1C. The fraction of sp³-hybridized carbons (Fsp3) is 0.545. The van der Waals surface area contributed by atoms with Crippen LogP contribution in [0.25, 0.3) is 0 Å².